The summed E-state index contributed by atoms with van der Waals surface area (Å²) < 4.78 is 5.40. The number of benzene rings is 1. The van der Waals surface area contributed by atoms with Gasteiger partial charge in [-0.2, -0.15) is 11.8 Å². The molecule has 0 bridgehead atoms. The molecule has 1 saturated heterocycles. The number of anilines is 1. The summed E-state index contributed by atoms with van der Waals surface area (Å²) in [5, 5.41) is 7.06. The third kappa shape index (κ3) is 5.73. The maximum atomic E-state index is 5.40. The fourth-order valence-corrected chi connectivity index (χ4v) is 3.38. The van der Waals surface area contributed by atoms with Crippen molar-refractivity contribution >= 4 is 23.4 Å². The highest BCUT2D eigenvalue weighted by Gasteiger charge is 2.23. The molecule has 1 atom stereocenters. The van der Waals surface area contributed by atoms with Crippen LogP contribution < -0.4 is 15.5 Å². The van der Waals surface area contributed by atoms with Crippen molar-refractivity contribution < 1.29 is 4.42 Å². The second kappa shape index (κ2) is 10.2. The first-order valence-electron chi connectivity index (χ1n) is 9.21. The average molecular weight is 373 g/mol. The van der Waals surface area contributed by atoms with E-state index >= 15 is 0 Å². The SMILES string of the molecule is CSCCN=C(NCCc1ccco1)NC1CCN(c2ccccc2)C1. The number of hydrogen-bond donors (Lipinski definition) is 2. The van der Waals surface area contributed by atoms with Crippen LogP contribution in [0, 0.1) is 0 Å². The van der Waals surface area contributed by atoms with Gasteiger partial charge >= 0.3 is 0 Å². The van der Waals surface area contributed by atoms with Crippen LogP contribution in [-0.4, -0.2) is 50.2 Å². The zero-order valence-corrected chi connectivity index (χ0v) is 16.2. The Morgan fingerprint density at radius 2 is 2.15 bits per heavy atom. The van der Waals surface area contributed by atoms with E-state index < -0.39 is 0 Å². The van der Waals surface area contributed by atoms with E-state index in [0.29, 0.717) is 6.04 Å². The van der Waals surface area contributed by atoms with Crippen LogP contribution in [0.3, 0.4) is 0 Å². The summed E-state index contributed by atoms with van der Waals surface area (Å²) in [6.07, 6.45) is 5.81. The lowest BCUT2D eigenvalue weighted by Gasteiger charge is -2.20. The van der Waals surface area contributed by atoms with Crippen molar-refractivity contribution in [2.75, 3.05) is 43.1 Å². The molecule has 1 unspecified atom stereocenters. The quantitative estimate of drug-likeness (QED) is 0.424. The van der Waals surface area contributed by atoms with Gasteiger partial charge < -0.3 is 20.0 Å². The number of rotatable bonds is 8. The standard InChI is InChI=1S/C20H28N4OS/c1-26-15-12-22-20(21-11-9-19-8-5-14-25-19)23-17-10-13-24(16-17)18-6-3-2-4-7-18/h2-8,14,17H,9-13,15-16H2,1H3,(H2,21,22,23). The van der Waals surface area contributed by atoms with Gasteiger partial charge in [-0.1, -0.05) is 18.2 Å². The Morgan fingerprint density at radius 1 is 1.27 bits per heavy atom. The first-order valence-corrected chi connectivity index (χ1v) is 10.6. The van der Waals surface area contributed by atoms with Crippen LogP contribution >= 0.6 is 11.8 Å². The van der Waals surface area contributed by atoms with Crippen LogP contribution in [0.15, 0.2) is 58.1 Å². The molecule has 6 heteroatoms. The molecule has 2 N–H and O–H groups in total. The molecule has 0 aliphatic carbocycles. The minimum absolute atomic E-state index is 0.416. The second-order valence-corrected chi connectivity index (χ2v) is 7.38. The molecular formula is C20H28N4OS. The Kier molecular flexibility index (Phi) is 7.31. The number of thioether (sulfide) groups is 1. The van der Waals surface area contributed by atoms with Crippen LogP contribution in [0.4, 0.5) is 5.69 Å². The summed E-state index contributed by atoms with van der Waals surface area (Å²) in [7, 11) is 0. The predicted octanol–water partition coefficient (Wildman–Crippen LogP) is 3.00. The first-order chi connectivity index (χ1) is 12.8. The lowest BCUT2D eigenvalue weighted by atomic mass is 10.2. The molecule has 1 aliphatic rings. The normalized spacial score (nSPS) is 17.5. The molecule has 140 valence electrons. The highest BCUT2D eigenvalue weighted by atomic mass is 32.2. The average Bonchev–Trinajstić information content (AvgIpc) is 3.34. The Bertz CT molecular complexity index is 660. The summed E-state index contributed by atoms with van der Waals surface area (Å²) in [5.41, 5.74) is 1.29. The van der Waals surface area contributed by atoms with Crippen LogP contribution in [0.5, 0.6) is 0 Å². The van der Waals surface area contributed by atoms with Gasteiger partial charge in [-0.25, -0.2) is 0 Å². The monoisotopic (exact) mass is 372 g/mol. The van der Waals surface area contributed by atoms with E-state index in [0.717, 1.165) is 56.5 Å². The van der Waals surface area contributed by atoms with Gasteiger partial charge in [-0.15, -0.1) is 0 Å². The summed E-state index contributed by atoms with van der Waals surface area (Å²) >= 11 is 1.82. The minimum atomic E-state index is 0.416. The van der Waals surface area contributed by atoms with Crippen molar-refractivity contribution in [2.24, 2.45) is 4.99 Å². The van der Waals surface area contributed by atoms with Gasteiger partial charge in [0.15, 0.2) is 5.96 Å². The fraction of sp³-hybridized carbons (Fsp3) is 0.450. The van der Waals surface area contributed by atoms with Gasteiger partial charge in [0.1, 0.15) is 5.76 Å². The van der Waals surface area contributed by atoms with E-state index in [1.807, 2.05) is 23.9 Å². The zero-order chi connectivity index (χ0) is 18.0. The summed E-state index contributed by atoms with van der Waals surface area (Å²) in [5.74, 6) is 2.94. The zero-order valence-electron chi connectivity index (χ0n) is 15.4. The summed E-state index contributed by atoms with van der Waals surface area (Å²) in [6, 6.07) is 15.0. The molecule has 3 rings (SSSR count). The molecule has 26 heavy (non-hydrogen) atoms. The van der Waals surface area contributed by atoms with E-state index in [9.17, 15) is 0 Å². The van der Waals surface area contributed by atoms with E-state index in [4.69, 9.17) is 9.41 Å². The third-order valence-corrected chi connectivity index (χ3v) is 5.05. The number of para-hydroxylation sites is 1. The number of nitrogens with zero attached hydrogens (tertiary/aromatic N) is 2. The summed E-state index contributed by atoms with van der Waals surface area (Å²) in [6.45, 7) is 3.72. The van der Waals surface area contributed by atoms with Crippen molar-refractivity contribution in [3.63, 3.8) is 0 Å². The lowest BCUT2D eigenvalue weighted by molar-refractivity contribution is 0.506. The van der Waals surface area contributed by atoms with Crippen LogP contribution in [0.2, 0.25) is 0 Å². The molecule has 2 heterocycles. The number of aliphatic imine (C=N–C) groups is 1. The van der Waals surface area contributed by atoms with Gasteiger partial charge in [0, 0.05) is 43.5 Å². The Hall–Kier alpha value is -2.08. The van der Waals surface area contributed by atoms with Gasteiger partial charge in [0.25, 0.3) is 0 Å². The largest absolute Gasteiger partial charge is 0.469 e. The third-order valence-electron chi connectivity index (χ3n) is 4.46. The number of nitrogens with one attached hydrogen (secondary N) is 2. The van der Waals surface area contributed by atoms with Crippen molar-refractivity contribution in [3.8, 4) is 0 Å². The topological polar surface area (TPSA) is 52.8 Å². The molecule has 2 aromatic rings. The predicted molar refractivity (Wildman–Crippen MR) is 111 cm³/mol. The van der Waals surface area contributed by atoms with Gasteiger partial charge in [0.05, 0.1) is 12.8 Å². The van der Waals surface area contributed by atoms with Gasteiger partial charge in [-0.3, -0.25) is 4.99 Å². The highest BCUT2D eigenvalue weighted by molar-refractivity contribution is 7.98. The lowest BCUT2D eigenvalue weighted by Crippen LogP contribution is -2.45. The van der Waals surface area contributed by atoms with Gasteiger partial charge in [-0.05, 0) is 36.9 Å². The minimum Gasteiger partial charge on any atom is -0.469 e. The molecule has 0 spiro atoms. The smallest absolute Gasteiger partial charge is 0.191 e. The molecular weight excluding hydrogens is 344 g/mol. The van der Waals surface area contributed by atoms with Crippen LogP contribution in [-0.2, 0) is 6.42 Å². The molecule has 1 aromatic heterocycles. The number of hydrogen-bond acceptors (Lipinski definition) is 4. The van der Waals surface area contributed by atoms with E-state index in [-0.39, 0.29) is 0 Å². The first kappa shape index (κ1) is 18.7. The van der Waals surface area contributed by atoms with Crippen molar-refractivity contribution in [1.82, 2.24) is 10.6 Å². The van der Waals surface area contributed by atoms with Gasteiger partial charge in [0.2, 0.25) is 0 Å². The Morgan fingerprint density at radius 3 is 2.92 bits per heavy atom. The summed E-state index contributed by atoms with van der Waals surface area (Å²) in [4.78, 5) is 7.15. The number of furan rings is 1. The molecule has 0 saturated carbocycles. The fourth-order valence-electron chi connectivity index (χ4n) is 3.11. The second-order valence-electron chi connectivity index (χ2n) is 6.39. The highest BCUT2D eigenvalue weighted by Crippen LogP contribution is 2.19. The molecule has 0 amide bonds. The van der Waals surface area contributed by atoms with E-state index in [2.05, 4.69) is 52.1 Å². The molecule has 1 aliphatic heterocycles. The van der Waals surface area contributed by atoms with Crippen molar-refractivity contribution in [1.29, 1.82) is 0 Å². The number of guanidine groups is 1. The van der Waals surface area contributed by atoms with Crippen LogP contribution in [0.25, 0.3) is 0 Å². The maximum Gasteiger partial charge on any atom is 0.191 e. The molecule has 1 fully saturated rings. The van der Waals surface area contributed by atoms with Crippen molar-refractivity contribution in [3.05, 3.63) is 54.5 Å². The Balaban J connectivity index is 1.51. The molecule has 1 aromatic carbocycles. The van der Waals surface area contributed by atoms with E-state index in [1.54, 1.807) is 6.26 Å². The molecule has 0 radical (unpaired) electrons. The molecule has 5 nitrogen and oxygen atoms in total. The van der Waals surface area contributed by atoms with Crippen molar-refractivity contribution in [2.45, 2.75) is 18.9 Å². The van der Waals surface area contributed by atoms with E-state index in [1.165, 1.54) is 5.69 Å². The Labute approximate surface area is 160 Å². The maximum absolute atomic E-state index is 5.40. The van der Waals surface area contributed by atoms with Crippen LogP contribution in [0.1, 0.15) is 12.2 Å².